The van der Waals surface area contributed by atoms with E-state index in [0.29, 0.717) is 5.02 Å². The highest BCUT2D eigenvalue weighted by atomic mass is 79.9. The number of hydrogen-bond acceptors (Lipinski definition) is 3. The van der Waals surface area contributed by atoms with E-state index in [1.807, 2.05) is 0 Å². The molecule has 0 fully saturated rings. The molecular weight excluding hydrogens is 257 g/mol. The maximum Gasteiger partial charge on any atom is 0.179 e. The number of halogens is 2. The molecule has 3 nitrogen and oxygen atoms in total. The van der Waals surface area contributed by atoms with Crippen LogP contribution in [-0.2, 0) is 0 Å². The Morgan fingerprint density at radius 3 is 2.69 bits per heavy atom. The van der Waals surface area contributed by atoms with Crippen LogP contribution in [-0.4, -0.2) is 16.2 Å². The third-order valence-corrected chi connectivity index (χ3v) is 2.24. The first kappa shape index (κ1) is 10.3. The minimum atomic E-state index is -0.272. The molecule has 0 radical (unpaired) electrons. The molecule has 5 heteroatoms. The van der Waals surface area contributed by atoms with Gasteiger partial charge >= 0.3 is 0 Å². The minimum Gasteiger partial charge on any atom is -0.507 e. The second-order valence-corrected chi connectivity index (χ2v) is 3.44. The molecule has 1 aromatic rings. The maximum absolute atomic E-state index is 11.2. The van der Waals surface area contributed by atoms with E-state index in [0.717, 1.165) is 0 Å². The number of nitrogens with two attached hydrogens (primary N) is 1. The van der Waals surface area contributed by atoms with E-state index < -0.39 is 0 Å². The minimum absolute atomic E-state index is 0.112. The highest BCUT2D eigenvalue weighted by Gasteiger charge is 2.14. The number of carbonyl (C=O) groups excluding carboxylic acids is 1. The van der Waals surface area contributed by atoms with Gasteiger partial charge in [-0.3, -0.25) is 4.79 Å². The fourth-order valence-electron chi connectivity index (χ4n) is 0.984. The fourth-order valence-corrected chi connectivity index (χ4v) is 1.48. The Morgan fingerprint density at radius 1 is 1.62 bits per heavy atom. The lowest BCUT2D eigenvalue weighted by Gasteiger charge is -2.05. The Kier molecular flexibility index (Phi) is 3.17. The number of carbonyl (C=O) groups is 1. The smallest absolute Gasteiger partial charge is 0.179 e. The van der Waals surface area contributed by atoms with Gasteiger partial charge in [-0.05, 0) is 12.1 Å². The molecule has 0 bridgehead atoms. The summed E-state index contributed by atoms with van der Waals surface area (Å²) in [5.41, 5.74) is 5.81. The predicted molar refractivity (Wildman–Crippen MR) is 55.7 cm³/mol. The molecule has 0 aliphatic heterocycles. The molecule has 0 amide bonds. The summed E-state index contributed by atoms with van der Waals surface area (Å²) < 4.78 is 0. The number of nitrogen functional groups attached to an aromatic ring is 1. The van der Waals surface area contributed by atoms with Crippen LogP contribution in [0.25, 0.3) is 0 Å². The van der Waals surface area contributed by atoms with E-state index in [2.05, 4.69) is 15.9 Å². The van der Waals surface area contributed by atoms with Gasteiger partial charge in [0, 0.05) is 10.7 Å². The second-order valence-electron chi connectivity index (χ2n) is 2.45. The Balaban J connectivity index is 3.28. The van der Waals surface area contributed by atoms with Gasteiger partial charge in [0.05, 0.1) is 10.9 Å². The SMILES string of the molecule is Nc1cc(Cl)cc(O)c1C(=O)CBr. The van der Waals surface area contributed by atoms with Crippen LogP contribution in [0.4, 0.5) is 5.69 Å². The van der Waals surface area contributed by atoms with Gasteiger partial charge in [0.1, 0.15) is 5.75 Å². The lowest BCUT2D eigenvalue weighted by atomic mass is 10.1. The van der Waals surface area contributed by atoms with Crippen LogP contribution < -0.4 is 5.73 Å². The van der Waals surface area contributed by atoms with Crippen molar-refractivity contribution in [3.05, 3.63) is 22.7 Å². The molecule has 0 heterocycles. The van der Waals surface area contributed by atoms with Crippen LogP contribution in [0.2, 0.25) is 5.02 Å². The zero-order valence-corrected chi connectivity index (χ0v) is 8.89. The number of aromatic hydroxyl groups is 1. The maximum atomic E-state index is 11.2. The molecule has 70 valence electrons. The van der Waals surface area contributed by atoms with E-state index >= 15 is 0 Å². The fraction of sp³-hybridized carbons (Fsp3) is 0.125. The summed E-state index contributed by atoms with van der Waals surface area (Å²) in [6.45, 7) is 0. The number of phenols is 1. The van der Waals surface area contributed by atoms with Gasteiger partial charge in [-0.15, -0.1) is 0 Å². The molecule has 0 aromatic heterocycles. The van der Waals surface area contributed by atoms with Crippen LogP contribution >= 0.6 is 27.5 Å². The molecule has 1 aromatic carbocycles. The first-order valence-corrected chi connectivity index (χ1v) is 4.93. The molecule has 0 aliphatic rings. The van der Waals surface area contributed by atoms with Crippen molar-refractivity contribution in [3.8, 4) is 5.75 Å². The highest BCUT2D eigenvalue weighted by molar-refractivity contribution is 9.09. The van der Waals surface area contributed by atoms with Crippen molar-refractivity contribution >= 4 is 39.0 Å². The molecule has 0 saturated heterocycles. The number of rotatable bonds is 2. The summed E-state index contributed by atoms with van der Waals surface area (Å²) in [5.74, 6) is -0.457. The van der Waals surface area contributed by atoms with E-state index in [1.165, 1.54) is 12.1 Å². The summed E-state index contributed by atoms with van der Waals surface area (Å²) in [4.78, 5) is 11.2. The Hall–Kier alpha value is -0.740. The largest absolute Gasteiger partial charge is 0.507 e. The molecule has 0 atom stereocenters. The average molecular weight is 265 g/mol. The number of benzene rings is 1. The average Bonchev–Trinajstić information content (AvgIpc) is 2.02. The zero-order chi connectivity index (χ0) is 10.0. The molecular formula is C8H7BrClNO2. The van der Waals surface area contributed by atoms with Gasteiger partial charge in [0.2, 0.25) is 0 Å². The lowest BCUT2D eigenvalue weighted by molar-refractivity contribution is 0.102. The van der Waals surface area contributed by atoms with Crippen LogP contribution in [0.15, 0.2) is 12.1 Å². The summed E-state index contributed by atoms with van der Waals surface area (Å²) in [6, 6.07) is 2.71. The normalized spacial score (nSPS) is 10.0. The molecule has 1 rings (SSSR count). The van der Waals surface area contributed by atoms with Crippen LogP contribution in [0.3, 0.4) is 0 Å². The molecule has 0 saturated carbocycles. The summed E-state index contributed by atoms with van der Waals surface area (Å²) in [6.07, 6.45) is 0. The van der Waals surface area contributed by atoms with Crippen LogP contribution in [0.5, 0.6) is 5.75 Å². The number of alkyl halides is 1. The van der Waals surface area contributed by atoms with E-state index in [9.17, 15) is 9.90 Å². The van der Waals surface area contributed by atoms with Crippen molar-refractivity contribution in [1.82, 2.24) is 0 Å². The van der Waals surface area contributed by atoms with Crippen molar-refractivity contribution < 1.29 is 9.90 Å². The molecule has 0 aliphatic carbocycles. The number of anilines is 1. The summed E-state index contributed by atoms with van der Waals surface area (Å²) >= 11 is 8.60. The number of hydrogen-bond donors (Lipinski definition) is 2. The van der Waals surface area contributed by atoms with Crippen molar-refractivity contribution in [1.29, 1.82) is 0 Å². The van der Waals surface area contributed by atoms with Gasteiger partial charge in [-0.1, -0.05) is 27.5 Å². The van der Waals surface area contributed by atoms with Gasteiger partial charge in [0.25, 0.3) is 0 Å². The van der Waals surface area contributed by atoms with Crippen molar-refractivity contribution in [2.45, 2.75) is 0 Å². The Morgan fingerprint density at radius 2 is 2.23 bits per heavy atom. The second kappa shape index (κ2) is 3.98. The van der Waals surface area contributed by atoms with Crippen LogP contribution in [0, 0.1) is 0 Å². The predicted octanol–water partition coefficient (Wildman–Crippen LogP) is 2.21. The number of Topliss-reactive ketones (excluding diaryl/α,β-unsaturated/α-hetero) is 1. The standard InChI is InChI=1S/C8H7BrClNO2/c9-3-7(13)8-5(11)1-4(10)2-6(8)12/h1-2,12H,3,11H2. The molecule has 3 N–H and O–H groups in total. The summed E-state index contributed by atoms with van der Waals surface area (Å²) in [7, 11) is 0. The molecule has 0 spiro atoms. The van der Waals surface area contributed by atoms with Gasteiger partial charge in [0.15, 0.2) is 5.78 Å². The zero-order valence-electron chi connectivity index (χ0n) is 6.55. The topological polar surface area (TPSA) is 63.3 Å². The third kappa shape index (κ3) is 2.14. The third-order valence-electron chi connectivity index (χ3n) is 1.51. The van der Waals surface area contributed by atoms with Crippen molar-refractivity contribution in [2.24, 2.45) is 0 Å². The molecule has 0 unspecified atom stereocenters. The van der Waals surface area contributed by atoms with Gasteiger partial charge < -0.3 is 10.8 Å². The van der Waals surface area contributed by atoms with Gasteiger partial charge in [-0.2, -0.15) is 0 Å². The van der Waals surface area contributed by atoms with E-state index in [4.69, 9.17) is 17.3 Å². The Labute approximate surface area is 88.6 Å². The quantitative estimate of drug-likeness (QED) is 0.489. The lowest BCUT2D eigenvalue weighted by Crippen LogP contribution is -2.05. The Bertz CT molecular complexity index is 331. The number of ketones is 1. The van der Waals surface area contributed by atoms with Crippen LogP contribution in [0.1, 0.15) is 10.4 Å². The summed E-state index contributed by atoms with van der Waals surface area (Å²) in [5, 5.41) is 9.79. The van der Waals surface area contributed by atoms with E-state index in [1.54, 1.807) is 0 Å². The first-order chi connectivity index (χ1) is 6.06. The monoisotopic (exact) mass is 263 g/mol. The van der Waals surface area contributed by atoms with Crippen molar-refractivity contribution in [2.75, 3.05) is 11.1 Å². The van der Waals surface area contributed by atoms with E-state index in [-0.39, 0.29) is 28.1 Å². The van der Waals surface area contributed by atoms with Gasteiger partial charge in [-0.25, -0.2) is 0 Å². The highest BCUT2D eigenvalue weighted by Crippen LogP contribution is 2.28. The first-order valence-electron chi connectivity index (χ1n) is 3.43. The molecule has 13 heavy (non-hydrogen) atoms. The van der Waals surface area contributed by atoms with Crippen molar-refractivity contribution in [3.63, 3.8) is 0 Å². The number of phenolic OH excluding ortho intramolecular Hbond substituents is 1.